The number of imidazole rings is 1. The number of ether oxygens (including phenoxy) is 1. The third kappa shape index (κ3) is 2.28. The Kier molecular flexibility index (Phi) is 3.54. The largest absolute Gasteiger partial charge is 0.503 e. The van der Waals surface area contributed by atoms with Crippen LogP contribution in [0.3, 0.4) is 0 Å². The van der Waals surface area contributed by atoms with Crippen molar-refractivity contribution < 1.29 is 9.84 Å². The van der Waals surface area contributed by atoms with Crippen molar-refractivity contribution in [3.8, 4) is 11.5 Å². The summed E-state index contributed by atoms with van der Waals surface area (Å²) in [5.74, 6) is 0.374. The molecular weight excluding hydrogens is 392 g/mol. The van der Waals surface area contributed by atoms with Crippen LogP contribution in [0.5, 0.6) is 11.5 Å². The molecule has 0 radical (unpaired) electrons. The number of para-hydroxylation sites is 2. The van der Waals surface area contributed by atoms with E-state index in [4.69, 9.17) is 4.74 Å². The van der Waals surface area contributed by atoms with Gasteiger partial charge in [0, 0.05) is 0 Å². The second-order valence-corrected chi connectivity index (χ2v) is 7.05. The summed E-state index contributed by atoms with van der Waals surface area (Å²) in [5.41, 5.74) is 2.26. The second kappa shape index (κ2) is 5.61. The maximum Gasteiger partial charge on any atom is 0.274 e. The number of rotatable bonds is 2. The molecule has 2 heterocycles. The van der Waals surface area contributed by atoms with Gasteiger partial charge in [0.25, 0.3) is 5.56 Å². The molecule has 5 nitrogen and oxygen atoms in total. The number of phenols is 1. The zero-order valence-electron chi connectivity index (χ0n) is 12.5. The van der Waals surface area contributed by atoms with Gasteiger partial charge in [-0.05, 0) is 51.8 Å². The van der Waals surface area contributed by atoms with Gasteiger partial charge in [-0.25, -0.2) is 9.38 Å². The molecule has 2 aromatic heterocycles. The van der Waals surface area contributed by atoms with Crippen molar-refractivity contribution in [3.63, 3.8) is 0 Å². The van der Waals surface area contributed by atoms with Gasteiger partial charge in [0.1, 0.15) is 0 Å². The number of thiazole rings is 1. The summed E-state index contributed by atoms with van der Waals surface area (Å²) in [5, 5.41) is 9.88. The highest BCUT2D eigenvalue weighted by Gasteiger charge is 2.12. The Hall–Kier alpha value is -2.38. The second-order valence-electron chi connectivity index (χ2n) is 5.19. The van der Waals surface area contributed by atoms with Gasteiger partial charge in [0.05, 0.1) is 27.1 Å². The molecular formula is C17H11BrN2O3S. The van der Waals surface area contributed by atoms with Crippen molar-refractivity contribution in [2.75, 3.05) is 7.11 Å². The summed E-state index contributed by atoms with van der Waals surface area (Å²) in [6, 6.07) is 11.0. The van der Waals surface area contributed by atoms with Gasteiger partial charge in [0.15, 0.2) is 16.5 Å². The normalized spacial score (nSPS) is 12.3. The number of methoxy groups -OCH3 is 1. The minimum Gasteiger partial charge on any atom is -0.503 e. The molecule has 24 heavy (non-hydrogen) atoms. The van der Waals surface area contributed by atoms with Crippen LogP contribution in [0.25, 0.3) is 22.1 Å². The number of aromatic hydroxyl groups is 1. The zero-order valence-corrected chi connectivity index (χ0v) is 14.9. The van der Waals surface area contributed by atoms with E-state index in [-0.39, 0.29) is 11.3 Å². The maximum atomic E-state index is 12.7. The summed E-state index contributed by atoms with van der Waals surface area (Å²) in [4.78, 5) is 17.9. The van der Waals surface area contributed by atoms with Crippen molar-refractivity contribution in [3.05, 3.63) is 61.3 Å². The third-order valence-corrected chi connectivity index (χ3v) is 5.29. The van der Waals surface area contributed by atoms with E-state index in [1.165, 1.54) is 18.4 Å². The molecule has 1 N–H and O–H groups in total. The van der Waals surface area contributed by atoms with Crippen LogP contribution in [0.1, 0.15) is 5.56 Å². The van der Waals surface area contributed by atoms with Gasteiger partial charge in [-0.2, -0.15) is 0 Å². The molecule has 0 fully saturated rings. The Morgan fingerprint density at radius 1 is 1.33 bits per heavy atom. The van der Waals surface area contributed by atoms with Gasteiger partial charge in [-0.15, -0.1) is 0 Å². The van der Waals surface area contributed by atoms with Crippen LogP contribution in [-0.4, -0.2) is 21.6 Å². The van der Waals surface area contributed by atoms with Crippen molar-refractivity contribution >= 4 is 49.3 Å². The molecule has 0 saturated carbocycles. The van der Waals surface area contributed by atoms with E-state index in [2.05, 4.69) is 20.9 Å². The fourth-order valence-electron chi connectivity index (χ4n) is 2.60. The van der Waals surface area contributed by atoms with E-state index >= 15 is 0 Å². The van der Waals surface area contributed by atoms with Gasteiger partial charge >= 0.3 is 0 Å². The summed E-state index contributed by atoms with van der Waals surface area (Å²) >= 11 is 4.62. The van der Waals surface area contributed by atoms with Crippen LogP contribution in [0.15, 0.2) is 45.7 Å². The lowest BCUT2D eigenvalue weighted by molar-refractivity contribution is 0.372. The van der Waals surface area contributed by atoms with E-state index < -0.39 is 0 Å². The number of fused-ring (bicyclic) bond motifs is 3. The first-order chi connectivity index (χ1) is 11.6. The van der Waals surface area contributed by atoms with Crippen molar-refractivity contribution in [2.24, 2.45) is 0 Å². The smallest absolute Gasteiger partial charge is 0.274 e. The van der Waals surface area contributed by atoms with E-state index in [1.807, 2.05) is 24.3 Å². The minimum absolute atomic E-state index is 0.0315. The summed E-state index contributed by atoms with van der Waals surface area (Å²) in [7, 11) is 1.48. The third-order valence-electron chi connectivity index (χ3n) is 3.71. The molecule has 0 amide bonds. The molecule has 0 bridgehead atoms. The Bertz CT molecular complexity index is 1200. The molecule has 0 unspecified atom stereocenters. The van der Waals surface area contributed by atoms with Crippen LogP contribution < -0.4 is 14.8 Å². The summed E-state index contributed by atoms with van der Waals surface area (Å²) < 4.78 is 7.85. The SMILES string of the molecule is COc1cc(C=c2sc3nc4ccccc4n3c2=O)cc(Br)c1O. The molecule has 0 aliphatic rings. The van der Waals surface area contributed by atoms with Gasteiger partial charge in [0.2, 0.25) is 0 Å². The van der Waals surface area contributed by atoms with Gasteiger partial charge in [-0.3, -0.25) is 4.79 Å². The Morgan fingerprint density at radius 3 is 2.92 bits per heavy atom. The van der Waals surface area contributed by atoms with Crippen LogP contribution in [-0.2, 0) is 0 Å². The number of hydrogen-bond acceptors (Lipinski definition) is 5. The fourth-order valence-corrected chi connectivity index (χ4v) is 4.04. The molecule has 4 aromatic rings. The Balaban J connectivity index is 1.97. The van der Waals surface area contributed by atoms with Gasteiger partial charge in [-0.1, -0.05) is 23.5 Å². The van der Waals surface area contributed by atoms with E-state index in [0.717, 1.165) is 16.6 Å². The molecule has 2 aromatic carbocycles. The van der Waals surface area contributed by atoms with Crippen molar-refractivity contribution in [1.82, 2.24) is 9.38 Å². The van der Waals surface area contributed by atoms with Crippen molar-refractivity contribution in [2.45, 2.75) is 0 Å². The molecule has 0 spiro atoms. The lowest BCUT2D eigenvalue weighted by Gasteiger charge is -2.06. The quantitative estimate of drug-likeness (QED) is 0.559. The van der Waals surface area contributed by atoms with Crippen LogP contribution >= 0.6 is 27.3 Å². The Labute approximate surface area is 148 Å². The average molecular weight is 403 g/mol. The molecule has 0 atom stereocenters. The first-order valence-corrected chi connectivity index (χ1v) is 8.67. The molecule has 4 rings (SSSR count). The number of benzene rings is 2. The molecule has 120 valence electrons. The highest BCUT2D eigenvalue weighted by molar-refractivity contribution is 9.10. The van der Waals surface area contributed by atoms with E-state index in [9.17, 15) is 9.90 Å². The van der Waals surface area contributed by atoms with Crippen LogP contribution in [0.2, 0.25) is 0 Å². The monoisotopic (exact) mass is 402 g/mol. The molecule has 7 heteroatoms. The lowest BCUT2D eigenvalue weighted by atomic mass is 10.2. The van der Waals surface area contributed by atoms with Crippen LogP contribution in [0, 0.1) is 0 Å². The first kappa shape index (κ1) is 15.2. The summed E-state index contributed by atoms with van der Waals surface area (Å²) in [6.45, 7) is 0. The number of halogens is 1. The topological polar surface area (TPSA) is 63.8 Å². The molecule has 0 aliphatic heterocycles. The first-order valence-electron chi connectivity index (χ1n) is 7.06. The fraction of sp³-hybridized carbons (Fsp3) is 0.0588. The van der Waals surface area contributed by atoms with E-state index in [1.54, 1.807) is 22.6 Å². The minimum atomic E-state index is -0.105. The lowest BCUT2D eigenvalue weighted by Crippen LogP contribution is -2.22. The number of aromatic nitrogens is 2. The summed E-state index contributed by atoms with van der Waals surface area (Å²) in [6.07, 6.45) is 1.77. The predicted octanol–water partition coefficient (Wildman–Crippen LogP) is 2.93. The van der Waals surface area contributed by atoms with Crippen LogP contribution in [0.4, 0.5) is 0 Å². The molecule has 0 aliphatic carbocycles. The average Bonchev–Trinajstić information content (AvgIpc) is 3.07. The number of hydrogen-bond donors (Lipinski definition) is 1. The van der Waals surface area contributed by atoms with Gasteiger partial charge < -0.3 is 9.84 Å². The van der Waals surface area contributed by atoms with E-state index in [0.29, 0.717) is 19.7 Å². The highest BCUT2D eigenvalue weighted by atomic mass is 79.9. The standard InChI is InChI=1S/C17H11BrN2O3S/c1-23-13-7-9(6-10(18)15(13)21)8-14-16(22)20-12-5-3-2-4-11(12)19-17(20)24-14/h2-8,21H,1H3. The number of nitrogens with zero attached hydrogens (tertiary/aromatic N) is 2. The zero-order chi connectivity index (χ0) is 16.8. The predicted molar refractivity (Wildman–Crippen MR) is 98.0 cm³/mol. The number of phenolic OH excluding ortho intramolecular Hbond substituents is 1. The van der Waals surface area contributed by atoms with Crippen molar-refractivity contribution in [1.29, 1.82) is 0 Å². The maximum absolute atomic E-state index is 12.7. The highest BCUT2D eigenvalue weighted by Crippen LogP contribution is 2.35. The Morgan fingerprint density at radius 2 is 2.12 bits per heavy atom. The molecule has 0 saturated heterocycles.